The van der Waals surface area contributed by atoms with E-state index < -0.39 is 0 Å². The van der Waals surface area contributed by atoms with Gasteiger partial charge in [-0.15, -0.1) is 0 Å². The van der Waals surface area contributed by atoms with Crippen LogP contribution in [0.5, 0.6) is 0 Å². The Morgan fingerprint density at radius 2 is 1.91 bits per heavy atom. The highest BCUT2D eigenvalue weighted by atomic mass is 19.1. The quantitative estimate of drug-likeness (QED) is 0.738. The Morgan fingerprint density at radius 1 is 1.09 bits per heavy atom. The number of fused-ring (bicyclic) bond motifs is 1. The number of pyridine rings is 1. The van der Waals surface area contributed by atoms with Crippen molar-refractivity contribution in [2.45, 2.75) is 13.0 Å². The summed E-state index contributed by atoms with van der Waals surface area (Å²) < 4.78 is 13.2. The minimum absolute atomic E-state index is 0.0521. The van der Waals surface area contributed by atoms with Gasteiger partial charge in [0.05, 0.1) is 11.9 Å². The van der Waals surface area contributed by atoms with Gasteiger partial charge in [-0.05, 0) is 35.4 Å². The van der Waals surface area contributed by atoms with Crippen LogP contribution in [0.25, 0.3) is 10.9 Å². The summed E-state index contributed by atoms with van der Waals surface area (Å²) in [5.41, 5.74) is 2.59. The number of aromatic nitrogens is 1. The maximum atomic E-state index is 13.2. The SMILES string of the molecule is CN(Cc1cnc2ccccc2c1)C(=O)Cc1cccc(F)c1. The molecule has 0 bridgehead atoms. The number of carbonyl (C=O) groups is 1. The molecule has 3 nitrogen and oxygen atoms in total. The van der Waals surface area contributed by atoms with Crippen molar-refractivity contribution in [1.82, 2.24) is 9.88 Å². The Morgan fingerprint density at radius 3 is 2.74 bits per heavy atom. The van der Waals surface area contributed by atoms with Gasteiger partial charge in [-0.1, -0.05) is 30.3 Å². The van der Waals surface area contributed by atoms with E-state index in [2.05, 4.69) is 4.98 Å². The van der Waals surface area contributed by atoms with Crippen molar-refractivity contribution in [3.8, 4) is 0 Å². The Hall–Kier alpha value is -2.75. The molecule has 0 aliphatic rings. The third-order valence-electron chi connectivity index (χ3n) is 3.74. The second-order valence-electron chi connectivity index (χ2n) is 5.59. The molecule has 116 valence electrons. The molecule has 2 aromatic carbocycles. The summed E-state index contributed by atoms with van der Waals surface area (Å²) in [6.07, 6.45) is 1.98. The molecule has 0 unspecified atom stereocenters. The van der Waals surface area contributed by atoms with Gasteiger partial charge in [0.25, 0.3) is 0 Å². The van der Waals surface area contributed by atoms with E-state index >= 15 is 0 Å². The topological polar surface area (TPSA) is 33.2 Å². The Bertz CT molecular complexity index is 847. The average Bonchev–Trinajstić information content (AvgIpc) is 2.54. The van der Waals surface area contributed by atoms with Crippen LogP contribution in [-0.2, 0) is 17.8 Å². The van der Waals surface area contributed by atoms with Crippen LogP contribution in [0.15, 0.2) is 60.8 Å². The smallest absolute Gasteiger partial charge is 0.227 e. The van der Waals surface area contributed by atoms with Crippen molar-refractivity contribution in [2.75, 3.05) is 7.05 Å². The molecule has 3 aromatic rings. The Labute approximate surface area is 134 Å². The summed E-state index contributed by atoms with van der Waals surface area (Å²) in [6.45, 7) is 0.478. The van der Waals surface area contributed by atoms with Crippen LogP contribution in [0.1, 0.15) is 11.1 Å². The largest absolute Gasteiger partial charge is 0.341 e. The van der Waals surface area contributed by atoms with Gasteiger partial charge in [0.15, 0.2) is 0 Å². The van der Waals surface area contributed by atoms with Crippen LogP contribution in [0.2, 0.25) is 0 Å². The summed E-state index contributed by atoms with van der Waals surface area (Å²) in [4.78, 5) is 18.3. The zero-order valence-corrected chi connectivity index (χ0v) is 12.9. The first-order valence-corrected chi connectivity index (χ1v) is 7.44. The lowest BCUT2D eigenvalue weighted by Crippen LogP contribution is -2.27. The summed E-state index contributed by atoms with van der Waals surface area (Å²) >= 11 is 0. The van der Waals surface area contributed by atoms with Crippen molar-refractivity contribution in [3.63, 3.8) is 0 Å². The molecule has 0 saturated carbocycles. The molecule has 1 aromatic heterocycles. The fourth-order valence-electron chi connectivity index (χ4n) is 2.52. The van der Waals surface area contributed by atoms with Gasteiger partial charge in [0, 0.05) is 25.2 Å². The highest BCUT2D eigenvalue weighted by Gasteiger charge is 2.11. The normalized spacial score (nSPS) is 10.7. The number of benzene rings is 2. The lowest BCUT2D eigenvalue weighted by Gasteiger charge is -2.17. The fourth-order valence-corrected chi connectivity index (χ4v) is 2.52. The highest BCUT2D eigenvalue weighted by molar-refractivity contribution is 5.80. The van der Waals surface area contributed by atoms with Crippen LogP contribution >= 0.6 is 0 Å². The number of hydrogen-bond donors (Lipinski definition) is 0. The Kier molecular flexibility index (Phi) is 4.33. The van der Waals surface area contributed by atoms with Crippen LogP contribution in [-0.4, -0.2) is 22.8 Å². The molecule has 0 aliphatic heterocycles. The van der Waals surface area contributed by atoms with Gasteiger partial charge in [-0.2, -0.15) is 0 Å². The first-order valence-electron chi connectivity index (χ1n) is 7.44. The van der Waals surface area contributed by atoms with E-state index in [1.807, 2.05) is 30.3 Å². The molecular formula is C19H17FN2O. The minimum Gasteiger partial charge on any atom is -0.341 e. The van der Waals surface area contributed by atoms with Crippen molar-refractivity contribution in [3.05, 3.63) is 77.7 Å². The van der Waals surface area contributed by atoms with Crippen LogP contribution in [0.4, 0.5) is 4.39 Å². The zero-order chi connectivity index (χ0) is 16.2. The minimum atomic E-state index is -0.323. The first kappa shape index (κ1) is 15.2. The number of carbonyl (C=O) groups excluding carboxylic acids is 1. The van der Waals surface area contributed by atoms with Gasteiger partial charge in [0.2, 0.25) is 5.91 Å². The zero-order valence-electron chi connectivity index (χ0n) is 12.9. The van der Waals surface area contributed by atoms with Crippen molar-refractivity contribution in [2.24, 2.45) is 0 Å². The molecular weight excluding hydrogens is 291 g/mol. The maximum absolute atomic E-state index is 13.2. The third-order valence-corrected chi connectivity index (χ3v) is 3.74. The van der Waals surface area contributed by atoms with E-state index in [-0.39, 0.29) is 18.1 Å². The van der Waals surface area contributed by atoms with E-state index in [0.29, 0.717) is 12.1 Å². The lowest BCUT2D eigenvalue weighted by molar-refractivity contribution is -0.129. The second kappa shape index (κ2) is 6.57. The van der Waals surface area contributed by atoms with E-state index in [1.54, 1.807) is 30.3 Å². The molecule has 0 saturated heterocycles. The predicted molar refractivity (Wildman–Crippen MR) is 88.3 cm³/mol. The predicted octanol–water partition coefficient (Wildman–Crippen LogP) is 3.58. The number of amides is 1. The number of halogens is 1. The number of hydrogen-bond acceptors (Lipinski definition) is 2. The van der Waals surface area contributed by atoms with Crippen LogP contribution < -0.4 is 0 Å². The van der Waals surface area contributed by atoms with E-state index in [4.69, 9.17) is 0 Å². The summed E-state index contributed by atoms with van der Waals surface area (Å²) in [5.74, 6) is -0.375. The second-order valence-corrected chi connectivity index (χ2v) is 5.59. The molecule has 23 heavy (non-hydrogen) atoms. The van der Waals surface area contributed by atoms with E-state index in [9.17, 15) is 9.18 Å². The van der Waals surface area contributed by atoms with Gasteiger partial charge >= 0.3 is 0 Å². The molecule has 1 amide bonds. The highest BCUT2D eigenvalue weighted by Crippen LogP contribution is 2.14. The van der Waals surface area contributed by atoms with E-state index in [1.165, 1.54) is 12.1 Å². The van der Waals surface area contributed by atoms with Crippen molar-refractivity contribution < 1.29 is 9.18 Å². The Balaban J connectivity index is 1.69. The number of nitrogens with zero attached hydrogens (tertiary/aromatic N) is 2. The van der Waals surface area contributed by atoms with Crippen molar-refractivity contribution >= 4 is 16.8 Å². The molecule has 0 fully saturated rings. The first-order chi connectivity index (χ1) is 11.1. The third kappa shape index (κ3) is 3.72. The number of para-hydroxylation sites is 1. The molecule has 4 heteroatoms. The lowest BCUT2D eigenvalue weighted by atomic mass is 10.1. The number of rotatable bonds is 4. The molecule has 0 spiro atoms. The molecule has 0 atom stereocenters. The van der Waals surface area contributed by atoms with Gasteiger partial charge in [-0.25, -0.2) is 4.39 Å². The van der Waals surface area contributed by atoms with Crippen LogP contribution in [0.3, 0.4) is 0 Å². The van der Waals surface area contributed by atoms with Crippen LogP contribution in [0, 0.1) is 5.82 Å². The average molecular weight is 308 g/mol. The van der Waals surface area contributed by atoms with Gasteiger partial charge in [-0.3, -0.25) is 9.78 Å². The standard InChI is InChI=1S/C19H17FN2O/c1-22(19(23)11-14-5-4-7-17(20)10-14)13-15-9-16-6-2-3-8-18(16)21-12-15/h2-10,12H,11,13H2,1H3. The van der Waals surface area contributed by atoms with Gasteiger partial charge < -0.3 is 4.90 Å². The molecule has 1 heterocycles. The molecule has 0 radical (unpaired) electrons. The van der Waals surface area contributed by atoms with Gasteiger partial charge in [0.1, 0.15) is 5.82 Å². The number of likely N-dealkylation sites (N-methyl/N-ethyl adjacent to an activating group) is 1. The van der Waals surface area contributed by atoms with Crippen molar-refractivity contribution in [1.29, 1.82) is 0 Å². The maximum Gasteiger partial charge on any atom is 0.227 e. The summed E-state index contributed by atoms with van der Waals surface area (Å²) in [5, 5.41) is 1.05. The molecule has 0 N–H and O–H groups in total. The summed E-state index contributed by atoms with van der Waals surface area (Å²) in [6, 6.07) is 16.0. The fraction of sp³-hybridized carbons (Fsp3) is 0.158. The summed E-state index contributed by atoms with van der Waals surface area (Å²) in [7, 11) is 1.75. The monoisotopic (exact) mass is 308 g/mol. The van der Waals surface area contributed by atoms with E-state index in [0.717, 1.165) is 16.5 Å². The molecule has 3 rings (SSSR count). The molecule has 0 aliphatic carbocycles.